The quantitative estimate of drug-likeness (QED) is 0.848. The van der Waals surface area contributed by atoms with Gasteiger partial charge in [0.25, 0.3) is 0 Å². The Labute approximate surface area is 123 Å². The van der Waals surface area contributed by atoms with E-state index in [1.807, 2.05) is 11.3 Å². The fourth-order valence-corrected chi connectivity index (χ4v) is 5.41. The first kappa shape index (κ1) is 12.6. The van der Waals surface area contributed by atoms with Crippen molar-refractivity contribution in [3.05, 3.63) is 19.2 Å². The molecule has 2 bridgehead atoms. The smallest absolute Gasteiger partial charge is 0.0843 e. The second kappa shape index (κ2) is 4.93. The molecule has 0 aromatic carbocycles. The van der Waals surface area contributed by atoms with Crippen molar-refractivity contribution in [3.8, 4) is 0 Å². The molecule has 2 aliphatic rings. The Kier molecular flexibility index (Phi) is 3.65. The zero-order chi connectivity index (χ0) is 12.0. The summed E-state index contributed by atoms with van der Waals surface area (Å²) in [5.74, 6) is 0. The number of nitrogens with two attached hydrogens (primary N) is 1. The van der Waals surface area contributed by atoms with Crippen LogP contribution in [-0.2, 0) is 6.54 Å². The van der Waals surface area contributed by atoms with Gasteiger partial charge in [-0.2, -0.15) is 0 Å². The number of thiophene rings is 1. The predicted molar refractivity (Wildman–Crippen MR) is 79.3 cm³/mol. The molecule has 5 heteroatoms. The molecule has 0 radical (unpaired) electrons. The number of halogens is 2. The third kappa shape index (κ3) is 2.50. The van der Waals surface area contributed by atoms with Crippen molar-refractivity contribution in [2.24, 2.45) is 5.73 Å². The van der Waals surface area contributed by atoms with Crippen molar-refractivity contribution in [1.82, 2.24) is 4.90 Å². The summed E-state index contributed by atoms with van der Waals surface area (Å²) in [7, 11) is 0. The summed E-state index contributed by atoms with van der Waals surface area (Å²) in [6, 6.07) is 4.13. The van der Waals surface area contributed by atoms with Crippen molar-refractivity contribution in [2.75, 3.05) is 0 Å². The molecule has 17 heavy (non-hydrogen) atoms. The van der Waals surface area contributed by atoms with Crippen LogP contribution in [0.5, 0.6) is 0 Å². The Balaban J connectivity index is 1.74. The molecule has 2 saturated heterocycles. The van der Waals surface area contributed by atoms with Crippen LogP contribution in [0.3, 0.4) is 0 Å². The fraction of sp³-hybridized carbons (Fsp3) is 0.667. The summed E-state index contributed by atoms with van der Waals surface area (Å²) in [4.78, 5) is 4.12. The summed E-state index contributed by atoms with van der Waals surface area (Å²) in [5.41, 5.74) is 6.10. The minimum atomic E-state index is 0.436. The molecule has 2 aliphatic heterocycles. The van der Waals surface area contributed by atoms with E-state index in [0.717, 1.165) is 18.6 Å². The largest absolute Gasteiger partial charge is 0.328 e. The standard InChI is InChI=1S/C12H16Br2N2S/c13-11-5-10(17-12(11)14)6-16-8-1-2-9(16)4-7(15)3-8/h5,7-9H,1-4,6,15H2. The van der Waals surface area contributed by atoms with Gasteiger partial charge < -0.3 is 5.73 Å². The number of hydrogen-bond acceptors (Lipinski definition) is 3. The lowest BCUT2D eigenvalue weighted by molar-refractivity contribution is 0.121. The van der Waals surface area contributed by atoms with Gasteiger partial charge >= 0.3 is 0 Å². The van der Waals surface area contributed by atoms with Crippen molar-refractivity contribution in [2.45, 2.75) is 50.4 Å². The third-order valence-electron chi connectivity index (χ3n) is 3.96. The molecule has 0 amide bonds. The van der Waals surface area contributed by atoms with E-state index >= 15 is 0 Å². The Hall–Kier alpha value is 0.580. The van der Waals surface area contributed by atoms with Crippen LogP contribution >= 0.6 is 43.2 Å². The Morgan fingerprint density at radius 1 is 1.29 bits per heavy atom. The first-order valence-corrected chi connectivity index (χ1v) is 8.49. The normalized spacial score (nSPS) is 33.2. The minimum absolute atomic E-state index is 0.436. The van der Waals surface area contributed by atoms with Crippen LogP contribution in [-0.4, -0.2) is 23.0 Å². The average molecular weight is 380 g/mol. The molecule has 2 nitrogen and oxygen atoms in total. The Bertz CT molecular complexity index is 387. The monoisotopic (exact) mass is 378 g/mol. The van der Waals surface area contributed by atoms with Gasteiger partial charge in [0.15, 0.2) is 0 Å². The summed E-state index contributed by atoms with van der Waals surface area (Å²) in [5, 5.41) is 0. The van der Waals surface area contributed by atoms with E-state index in [1.54, 1.807) is 0 Å². The average Bonchev–Trinajstić information content (AvgIpc) is 2.70. The van der Waals surface area contributed by atoms with Gasteiger partial charge in [-0.3, -0.25) is 4.90 Å². The van der Waals surface area contributed by atoms with E-state index < -0.39 is 0 Å². The van der Waals surface area contributed by atoms with Crippen molar-refractivity contribution < 1.29 is 0 Å². The maximum absolute atomic E-state index is 6.10. The molecule has 2 N–H and O–H groups in total. The summed E-state index contributed by atoms with van der Waals surface area (Å²) in [6.07, 6.45) is 5.05. The molecule has 1 aromatic heterocycles. The second-order valence-corrected chi connectivity index (χ2v) is 8.43. The molecule has 1 aromatic rings. The van der Waals surface area contributed by atoms with Gasteiger partial charge in [-0.05, 0) is 63.6 Å². The van der Waals surface area contributed by atoms with E-state index in [4.69, 9.17) is 5.73 Å². The number of hydrogen-bond donors (Lipinski definition) is 1. The molecule has 2 atom stereocenters. The summed E-state index contributed by atoms with van der Waals surface area (Å²) < 4.78 is 2.38. The molecular weight excluding hydrogens is 364 g/mol. The molecule has 2 fully saturated rings. The first-order valence-electron chi connectivity index (χ1n) is 6.08. The van der Waals surface area contributed by atoms with E-state index in [1.165, 1.54) is 38.8 Å². The van der Waals surface area contributed by atoms with Crippen molar-refractivity contribution in [1.29, 1.82) is 0 Å². The SMILES string of the molecule is NC1CC2CCC(C1)N2Cc1cc(Br)c(Br)s1. The zero-order valence-electron chi connectivity index (χ0n) is 9.53. The highest BCUT2D eigenvalue weighted by molar-refractivity contribution is 9.13. The molecule has 2 unspecified atom stereocenters. The molecule has 94 valence electrons. The van der Waals surface area contributed by atoms with Crippen LogP contribution in [0.25, 0.3) is 0 Å². The van der Waals surface area contributed by atoms with Gasteiger partial charge in [0.05, 0.1) is 3.79 Å². The number of piperidine rings is 1. The topological polar surface area (TPSA) is 29.3 Å². The molecule has 0 saturated carbocycles. The van der Waals surface area contributed by atoms with Crippen molar-refractivity contribution in [3.63, 3.8) is 0 Å². The number of fused-ring (bicyclic) bond motifs is 2. The maximum atomic E-state index is 6.10. The molecule has 3 heterocycles. The lowest BCUT2D eigenvalue weighted by atomic mass is 9.98. The molecule has 3 rings (SSSR count). The lowest BCUT2D eigenvalue weighted by Gasteiger charge is -2.37. The lowest BCUT2D eigenvalue weighted by Crippen LogP contribution is -2.46. The minimum Gasteiger partial charge on any atom is -0.328 e. The van der Waals surface area contributed by atoms with Crippen LogP contribution in [0.15, 0.2) is 14.3 Å². The van der Waals surface area contributed by atoms with Crippen LogP contribution in [0.4, 0.5) is 0 Å². The van der Waals surface area contributed by atoms with Crippen LogP contribution in [0.2, 0.25) is 0 Å². The maximum Gasteiger partial charge on any atom is 0.0843 e. The van der Waals surface area contributed by atoms with E-state index in [2.05, 4.69) is 42.8 Å². The number of rotatable bonds is 2. The molecular formula is C12H16Br2N2S. The van der Waals surface area contributed by atoms with Gasteiger partial charge in [0.2, 0.25) is 0 Å². The van der Waals surface area contributed by atoms with Gasteiger partial charge in [-0.1, -0.05) is 0 Å². The van der Waals surface area contributed by atoms with E-state index in [0.29, 0.717) is 6.04 Å². The molecule has 0 aliphatic carbocycles. The fourth-order valence-electron chi connectivity index (χ4n) is 3.22. The highest BCUT2D eigenvalue weighted by Gasteiger charge is 2.39. The van der Waals surface area contributed by atoms with Crippen molar-refractivity contribution >= 4 is 43.2 Å². The van der Waals surface area contributed by atoms with Gasteiger partial charge in [-0.25, -0.2) is 0 Å². The third-order valence-corrected chi connectivity index (χ3v) is 7.20. The van der Waals surface area contributed by atoms with Crippen LogP contribution < -0.4 is 5.73 Å². The first-order chi connectivity index (χ1) is 8.13. The Morgan fingerprint density at radius 3 is 2.47 bits per heavy atom. The highest BCUT2D eigenvalue weighted by Crippen LogP contribution is 2.39. The molecule has 0 spiro atoms. The predicted octanol–water partition coefficient (Wildman–Crippen LogP) is 3.73. The zero-order valence-corrected chi connectivity index (χ0v) is 13.5. The van der Waals surface area contributed by atoms with Crippen LogP contribution in [0, 0.1) is 0 Å². The summed E-state index contributed by atoms with van der Waals surface area (Å²) in [6.45, 7) is 1.09. The van der Waals surface area contributed by atoms with Crippen LogP contribution in [0.1, 0.15) is 30.6 Å². The second-order valence-electron chi connectivity index (χ2n) is 5.12. The highest BCUT2D eigenvalue weighted by atomic mass is 79.9. The van der Waals surface area contributed by atoms with E-state index in [-0.39, 0.29) is 0 Å². The summed E-state index contributed by atoms with van der Waals surface area (Å²) >= 11 is 8.97. The van der Waals surface area contributed by atoms with Gasteiger partial charge in [-0.15, -0.1) is 11.3 Å². The Morgan fingerprint density at radius 2 is 1.94 bits per heavy atom. The van der Waals surface area contributed by atoms with Gasteiger partial charge in [0.1, 0.15) is 0 Å². The van der Waals surface area contributed by atoms with E-state index in [9.17, 15) is 0 Å². The van der Waals surface area contributed by atoms with Gasteiger partial charge in [0, 0.05) is 34.0 Å². The number of nitrogens with zero attached hydrogens (tertiary/aromatic N) is 1.